The molecule has 1 aromatic carbocycles. The number of rotatable bonds is 7. The summed E-state index contributed by atoms with van der Waals surface area (Å²) in [5.41, 5.74) is 9.12. The van der Waals surface area contributed by atoms with Gasteiger partial charge in [-0.05, 0) is 68.9 Å². The van der Waals surface area contributed by atoms with Crippen molar-refractivity contribution >= 4 is 11.0 Å². The van der Waals surface area contributed by atoms with Gasteiger partial charge in [-0.2, -0.15) is 0 Å². The summed E-state index contributed by atoms with van der Waals surface area (Å²) in [6.45, 7) is 2.15. The van der Waals surface area contributed by atoms with E-state index in [1.165, 1.54) is 11.6 Å². The van der Waals surface area contributed by atoms with Crippen LogP contribution in [0.5, 0.6) is 0 Å². The SMILES string of the molecule is [2H]c1cc([2H])c2nc(CN(CCCCN)[C@H]3CCCc4cccnc43)[nH]c2c1[2H]. The van der Waals surface area contributed by atoms with Crippen LogP contribution in [0.15, 0.2) is 42.5 Å². The zero-order valence-corrected chi connectivity index (χ0v) is 15.0. The molecular weight excluding hydrogens is 322 g/mol. The van der Waals surface area contributed by atoms with Crippen molar-refractivity contribution in [3.05, 3.63) is 59.6 Å². The molecule has 3 aromatic rings. The second kappa shape index (κ2) is 7.98. The number of aromatic amines is 1. The number of nitrogens with one attached hydrogen (secondary N) is 1. The van der Waals surface area contributed by atoms with Gasteiger partial charge < -0.3 is 10.7 Å². The van der Waals surface area contributed by atoms with Crippen molar-refractivity contribution in [2.45, 2.75) is 44.7 Å². The van der Waals surface area contributed by atoms with Crippen LogP contribution in [-0.2, 0) is 13.0 Å². The van der Waals surface area contributed by atoms with Crippen molar-refractivity contribution in [1.82, 2.24) is 19.9 Å². The predicted molar refractivity (Wildman–Crippen MR) is 105 cm³/mol. The van der Waals surface area contributed by atoms with Crippen LogP contribution in [0.25, 0.3) is 11.0 Å². The van der Waals surface area contributed by atoms with Crippen molar-refractivity contribution < 1.29 is 4.11 Å². The Balaban J connectivity index is 1.66. The average Bonchev–Trinajstić information content (AvgIpc) is 3.16. The normalized spacial score (nSPS) is 18.5. The van der Waals surface area contributed by atoms with Gasteiger partial charge in [-0.3, -0.25) is 9.88 Å². The maximum atomic E-state index is 8.13. The molecule has 136 valence electrons. The Kier molecular flexibility index (Phi) is 4.26. The lowest BCUT2D eigenvalue weighted by molar-refractivity contribution is 0.159. The van der Waals surface area contributed by atoms with E-state index in [2.05, 4.69) is 20.9 Å². The molecule has 0 spiro atoms. The third-order valence-corrected chi connectivity index (χ3v) is 5.09. The molecule has 0 amide bonds. The molecule has 0 saturated carbocycles. The van der Waals surface area contributed by atoms with Crippen LogP contribution in [0.4, 0.5) is 0 Å². The van der Waals surface area contributed by atoms with E-state index in [-0.39, 0.29) is 24.2 Å². The molecule has 2 heterocycles. The Labute approximate surface area is 158 Å². The molecule has 4 rings (SSSR count). The minimum Gasteiger partial charge on any atom is -0.341 e. The monoisotopic (exact) mass is 352 g/mol. The van der Waals surface area contributed by atoms with E-state index in [4.69, 9.17) is 14.8 Å². The topological polar surface area (TPSA) is 70.8 Å². The first-order chi connectivity index (χ1) is 14.1. The number of imidazole rings is 1. The molecule has 2 aromatic heterocycles. The highest BCUT2D eigenvalue weighted by molar-refractivity contribution is 5.74. The summed E-state index contributed by atoms with van der Waals surface area (Å²) in [6.07, 6.45) is 7.08. The number of hydrogen-bond acceptors (Lipinski definition) is 4. The summed E-state index contributed by atoms with van der Waals surface area (Å²) >= 11 is 0. The van der Waals surface area contributed by atoms with Crippen molar-refractivity contribution in [3.8, 4) is 0 Å². The van der Waals surface area contributed by atoms with Crippen LogP contribution in [0, 0.1) is 0 Å². The summed E-state index contributed by atoms with van der Waals surface area (Å²) in [5, 5.41) is 0. The highest BCUT2D eigenvalue weighted by atomic mass is 15.2. The number of aromatic nitrogens is 3. The van der Waals surface area contributed by atoms with Crippen molar-refractivity contribution in [3.63, 3.8) is 0 Å². The molecule has 0 bridgehead atoms. The Morgan fingerprint density at radius 2 is 2.27 bits per heavy atom. The maximum Gasteiger partial charge on any atom is 0.121 e. The van der Waals surface area contributed by atoms with Gasteiger partial charge in [-0.15, -0.1) is 0 Å². The number of nitrogens with two attached hydrogens (primary N) is 1. The molecule has 0 aliphatic heterocycles. The third-order valence-electron chi connectivity index (χ3n) is 5.09. The number of nitrogens with zero attached hydrogens (tertiary/aromatic N) is 3. The number of aryl methyl sites for hydroxylation is 1. The van der Waals surface area contributed by atoms with Gasteiger partial charge in [0, 0.05) is 6.20 Å². The Hall–Kier alpha value is -2.24. The zero-order chi connectivity index (χ0) is 20.4. The second-order valence-electron chi connectivity index (χ2n) is 6.89. The first-order valence-corrected chi connectivity index (χ1v) is 9.41. The fourth-order valence-electron chi connectivity index (χ4n) is 3.84. The van der Waals surface area contributed by atoms with Gasteiger partial charge in [0.15, 0.2) is 0 Å². The first-order valence-electron chi connectivity index (χ1n) is 10.9. The number of benzene rings is 1. The molecule has 0 unspecified atom stereocenters. The van der Waals surface area contributed by atoms with E-state index in [1.54, 1.807) is 0 Å². The smallest absolute Gasteiger partial charge is 0.121 e. The maximum absolute atomic E-state index is 8.13. The molecule has 1 aliphatic rings. The molecule has 0 radical (unpaired) electrons. The molecule has 0 saturated heterocycles. The van der Waals surface area contributed by atoms with Gasteiger partial charge in [-0.1, -0.05) is 18.2 Å². The number of para-hydroxylation sites is 2. The first kappa shape index (κ1) is 13.9. The minimum atomic E-state index is 0.0444. The fourth-order valence-corrected chi connectivity index (χ4v) is 3.84. The van der Waals surface area contributed by atoms with Gasteiger partial charge in [0.1, 0.15) is 5.82 Å². The standard InChI is InChI=1S/C21H27N5/c22-12-3-4-14-26(15-20-24-17-9-1-2-10-18(17)25-20)19-11-5-7-16-8-6-13-23-21(16)19/h1-2,6,8-10,13,19H,3-5,7,11-12,14-15,22H2,(H,24,25)/t19-/m0/s1/i1D,9D,10D. The fraction of sp³-hybridized carbons (Fsp3) is 0.429. The lowest BCUT2D eigenvalue weighted by atomic mass is 9.90. The van der Waals surface area contributed by atoms with Crippen LogP contribution < -0.4 is 5.73 Å². The number of hydrogen-bond donors (Lipinski definition) is 2. The van der Waals surface area contributed by atoms with Crippen LogP contribution in [0.3, 0.4) is 0 Å². The van der Waals surface area contributed by atoms with Gasteiger partial charge in [-0.25, -0.2) is 4.98 Å². The molecule has 26 heavy (non-hydrogen) atoms. The number of fused-ring (bicyclic) bond motifs is 2. The van der Waals surface area contributed by atoms with E-state index in [9.17, 15) is 0 Å². The summed E-state index contributed by atoms with van der Waals surface area (Å²) < 4.78 is 24.1. The third kappa shape index (κ3) is 3.64. The summed E-state index contributed by atoms with van der Waals surface area (Å²) in [5.74, 6) is 0.725. The van der Waals surface area contributed by atoms with Crippen molar-refractivity contribution in [2.75, 3.05) is 13.1 Å². The lowest BCUT2D eigenvalue weighted by Crippen LogP contribution is -2.33. The lowest BCUT2D eigenvalue weighted by Gasteiger charge is -2.34. The second-order valence-corrected chi connectivity index (χ2v) is 6.89. The molecule has 3 N–H and O–H groups in total. The van der Waals surface area contributed by atoms with Gasteiger partial charge in [0.05, 0.1) is 33.4 Å². The number of H-pyrrole nitrogens is 1. The largest absolute Gasteiger partial charge is 0.341 e. The van der Waals surface area contributed by atoms with Crippen LogP contribution in [-0.4, -0.2) is 32.9 Å². The Morgan fingerprint density at radius 1 is 1.31 bits per heavy atom. The van der Waals surface area contributed by atoms with E-state index >= 15 is 0 Å². The molecule has 1 aliphatic carbocycles. The minimum absolute atomic E-state index is 0.0444. The predicted octanol–water partition coefficient (Wildman–Crippen LogP) is 3.58. The zero-order valence-electron chi connectivity index (χ0n) is 18.0. The summed E-state index contributed by atoms with van der Waals surface area (Å²) in [6, 6.07) is 6.10. The Bertz CT molecular complexity index is 1000. The number of unbranched alkanes of at least 4 members (excludes halogenated alkanes) is 1. The van der Waals surface area contributed by atoms with Crippen LogP contribution >= 0.6 is 0 Å². The van der Waals surface area contributed by atoms with E-state index in [1.807, 2.05) is 12.3 Å². The van der Waals surface area contributed by atoms with Gasteiger partial charge in [0.25, 0.3) is 0 Å². The molecule has 5 nitrogen and oxygen atoms in total. The van der Waals surface area contributed by atoms with Gasteiger partial charge in [0.2, 0.25) is 0 Å². The summed E-state index contributed by atoms with van der Waals surface area (Å²) in [4.78, 5) is 14.9. The highest BCUT2D eigenvalue weighted by Gasteiger charge is 2.27. The van der Waals surface area contributed by atoms with Crippen molar-refractivity contribution in [2.24, 2.45) is 5.73 Å². The molecule has 1 atom stereocenters. The van der Waals surface area contributed by atoms with Crippen LogP contribution in [0.1, 0.15) is 52.9 Å². The molecular formula is C21H27N5. The highest BCUT2D eigenvalue weighted by Crippen LogP contribution is 2.33. The van der Waals surface area contributed by atoms with Gasteiger partial charge >= 0.3 is 0 Å². The van der Waals surface area contributed by atoms with E-state index < -0.39 is 0 Å². The average molecular weight is 353 g/mol. The summed E-state index contributed by atoms with van der Waals surface area (Å²) in [7, 11) is 0. The number of pyridine rings is 1. The van der Waals surface area contributed by atoms with Crippen molar-refractivity contribution in [1.29, 1.82) is 0 Å². The van der Waals surface area contributed by atoms with E-state index in [0.717, 1.165) is 50.2 Å². The molecule has 0 fully saturated rings. The quantitative estimate of drug-likeness (QED) is 0.638. The Morgan fingerprint density at radius 3 is 3.19 bits per heavy atom. The molecule has 5 heteroatoms. The van der Waals surface area contributed by atoms with Crippen LogP contribution in [0.2, 0.25) is 0 Å². The van der Waals surface area contributed by atoms with E-state index in [0.29, 0.717) is 24.1 Å².